The predicted molar refractivity (Wildman–Crippen MR) is 219 cm³/mol. The highest BCUT2D eigenvalue weighted by Crippen LogP contribution is 2.39. The molecule has 13 nitrogen and oxygen atoms in total. The first-order chi connectivity index (χ1) is 26.8. The number of carbonyl (C=O) groups excluding carboxylic acids is 2. The minimum Gasteiger partial charge on any atom is -0.459 e. The summed E-state index contributed by atoms with van der Waals surface area (Å²) in [7, 11) is 5.32. The third-order valence-corrected chi connectivity index (χ3v) is 12.9. The number of aryl methyl sites for hydroxylation is 1. The fraction of sp³-hybridized carbons (Fsp3) is 0.795. The molecule has 57 heavy (non-hydrogen) atoms. The first-order valence-electron chi connectivity index (χ1n) is 21.2. The average molecular weight is 804 g/mol. The Bertz CT molecular complexity index is 1460. The number of likely N-dealkylation sites (N-methyl/N-ethyl adjacent to an activating group) is 1. The third kappa shape index (κ3) is 11.6. The van der Waals surface area contributed by atoms with E-state index in [9.17, 15) is 24.9 Å². The molecule has 1 aromatic carbocycles. The van der Waals surface area contributed by atoms with Crippen molar-refractivity contribution in [2.45, 2.75) is 160 Å². The highest BCUT2D eigenvalue weighted by molar-refractivity contribution is 6.00. The van der Waals surface area contributed by atoms with Crippen LogP contribution in [0.3, 0.4) is 0 Å². The molecule has 324 valence electrons. The fourth-order valence-corrected chi connectivity index (χ4v) is 9.21. The van der Waals surface area contributed by atoms with Crippen LogP contribution in [0.25, 0.3) is 0 Å². The van der Waals surface area contributed by atoms with Gasteiger partial charge in [0.25, 0.3) is 0 Å². The highest BCUT2D eigenvalue weighted by Gasteiger charge is 2.51. The maximum atomic E-state index is 14.3. The number of ether oxygens (including phenoxy) is 4. The number of esters is 1. The Morgan fingerprint density at radius 1 is 1.04 bits per heavy atom. The van der Waals surface area contributed by atoms with E-state index in [-0.39, 0.29) is 31.1 Å². The normalized spacial score (nSPS) is 40.2. The molecule has 3 heterocycles. The second kappa shape index (κ2) is 20.7. The summed E-state index contributed by atoms with van der Waals surface area (Å²) in [6.45, 7) is 16.5. The van der Waals surface area contributed by atoms with Gasteiger partial charge in [-0.2, -0.15) is 0 Å². The average Bonchev–Trinajstić information content (AvgIpc) is 3.18. The van der Waals surface area contributed by atoms with Crippen molar-refractivity contribution >= 4 is 17.5 Å². The number of carbonyl (C=O) groups is 2. The second-order valence-electron chi connectivity index (χ2n) is 17.7. The number of nitrogens with zero attached hydrogens (tertiary/aromatic N) is 3. The van der Waals surface area contributed by atoms with E-state index in [2.05, 4.69) is 29.2 Å². The minimum atomic E-state index is -1.90. The lowest BCUT2D eigenvalue weighted by atomic mass is 9.74. The van der Waals surface area contributed by atoms with Gasteiger partial charge in [0.1, 0.15) is 29.8 Å². The van der Waals surface area contributed by atoms with E-state index in [0.717, 1.165) is 38.8 Å². The minimum absolute atomic E-state index is 0.182. The SMILES string of the molecule is CC[C@H]1OC(=O)[C@H](C)C(=O)[C@H](C)[C@@H](O[C@@H]2O[C@H](C)C[C@H](N(C)C)[C@H]2O)[C@](C)(OC)C[C@@H](C)/C(=N\O[C@@H]2CCCN(CCCc3ccccc3)C2)[C@H](C)[C@@H](O)[C@]1(C)O. The van der Waals surface area contributed by atoms with Crippen LogP contribution in [-0.4, -0.2) is 144 Å². The Balaban J connectivity index is 1.69. The number of benzene rings is 1. The van der Waals surface area contributed by atoms with Crippen molar-refractivity contribution in [3.8, 4) is 0 Å². The molecule has 0 aromatic heterocycles. The van der Waals surface area contributed by atoms with Gasteiger partial charge in [-0.15, -0.1) is 0 Å². The Morgan fingerprint density at radius 3 is 2.35 bits per heavy atom. The summed E-state index contributed by atoms with van der Waals surface area (Å²) in [6, 6.07) is 10.2. The van der Waals surface area contributed by atoms with Crippen molar-refractivity contribution in [3.63, 3.8) is 0 Å². The molecule has 3 aliphatic heterocycles. The number of Topliss-reactive ketones (excluding diaryl/α,β-unsaturated/α-hetero) is 1. The highest BCUT2D eigenvalue weighted by atomic mass is 16.7. The maximum absolute atomic E-state index is 14.3. The molecule has 3 saturated heterocycles. The van der Waals surface area contributed by atoms with Crippen LogP contribution in [0.4, 0.5) is 0 Å². The summed E-state index contributed by atoms with van der Waals surface area (Å²) in [5.41, 5.74) is -1.29. The predicted octanol–water partition coefficient (Wildman–Crippen LogP) is 4.62. The zero-order valence-electron chi connectivity index (χ0n) is 36.4. The molecule has 14 atom stereocenters. The Morgan fingerprint density at radius 2 is 1.72 bits per heavy atom. The molecule has 0 spiro atoms. The van der Waals surface area contributed by atoms with Gasteiger partial charge in [0.05, 0.1) is 29.6 Å². The Kier molecular flexibility index (Phi) is 17.1. The molecule has 3 aliphatic rings. The van der Waals surface area contributed by atoms with Crippen molar-refractivity contribution in [1.29, 1.82) is 0 Å². The lowest BCUT2D eigenvalue weighted by molar-refractivity contribution is -0.295. The van der Waals surface area contributed by atoms with Gasteiger partial charge >= 0.3 is 5.97 Å². The van der Waals surface area contributed by atoms with E-state index in [1.54, 1.807) is 27.9 Å². The van der Waals surface area contributed by atoms with Gasteiger partial charge in [-0.1, -0.05) is 63.2 Å². The Labute approximate surface area is 341 Å². The molecule has 3 N–H and O–H groups in total. The van der Waals surface area contributed by atoms with Crippen molar-refractivity contribution in [1.82, 2.24) is 9.80 Å². The van der Waals surface area contributed by atoms with Crippen LogP contribution in [0.1, 0.15) is 99.5 Å². The smallest absolute Gasteiger partial charge is 0.316 e. The van der Waals surface area contributed by atoms with Gasteiger partial charge in [0, 0.05) is 37.5 Å². The van der Waals surface area contributed by atoms with Crippen LogP contribution in [0.5, 0.6) is 0 Å². The summed E-state index contributed by atoms with van der Waals surface area (Å²) < 4.78 is 25.0. The largest absolute Gasteiger partial charge is 0.459 e. The number of hydrogen-bond acceptors (Lipinski definition) is 13. The summed E-state index contributed by atoms with van der Waals surface area (Å²) >= 11 is 0. The van der Waals surface area contributed by atoms with Crippen molar-refractivity contribution < 1.29 is 48.7 Å². The number of rotatable bonds is 11. The number of oxime groups is 1. The molecular weight excluding hydrogens is 730 g/mol. The van der Waals surface area contributed by atoms with Gasteiger partial charge in [0.15, 0.2) is 12.1 Å². The number of cyclic esters (lactones) is 1. The van der Waals surface area contributed by atoms with E-state index in [1.807, 2.05) is 45.8 Å². The van der Waals surface area contributed by atoms with Crippen LogP contribution >= 0.6 is 0 Å². The summed E-state index contributed by atoms with van der Waals surface area (Å²) in [4.78, 5) is 38.6. The molecule has 4 rings (SSSR count). The standard InChI is InChI=1S/C44H73N3O10/c1-12-35-44(8,52)39(50)29(4)36(45-57-33-21-17-23-47(26-33)22-16-20-32-18-14-13-15-19-32)27(2)25-43(7,53-11)40(30(5)37(48)31(6)41(51)55-35)56-42-38(49)34(46(9)10)24-28(3)54-42/h13-15,18-19,27-31,33-35,38-40,42,49-50,52H,12,16-17,20-26H2,1-11H3/b45-36+/t27-,28-,29+,30+,31-,33-,34+,35-,38-,39-,40-,42+,43-,44-/m1/s1. The number of methoxy groups -OCH3 is 1. The van der Waals surface area contributed by atoms with Crippen LogP contribution in [0.15, 0.2) is 35.5 Å². The molecule has 0 radical (unpaired) electrons. The van der Waals surface area contributed by atoms with Crippen LogP contribution in [0.2, 0.25) is 0 Å². The maximum Gasteiger partial charge on any atom is 0.316 e. The van der Waals surface area contributed by atoms with Crippen molar-refractivity contribution in [2.24, 2.45) is 28.8 Å². The van der Waals surface area contributed by atoms with Gasteiger partial charge in [-0.25, -0.2) is 0 Å². The van der Waals surface area contributed by atoms with E-state index in [0.29, 0.717) is 18.7 Å². The van der Waals surface area contributed by atoms with Gasteiger partial charge in [-0.05, 0) is 105 Å². The number of hydrogen-bond donors (Lipinski definition) is 3. The molecule has 0 aliphatic carbocycles. The van der Waals surface area contributed by atoms with Crippen molar-refractivity contribution in [3.05, 3.63) is 35.9 Å². The molecular formula is C44H73N3O10. The van der Waals surface area contributed by atoms with Crippen LogP contribution in [-0.2, 0) is 39.8 Å². The molecule has 0 saturated carbocycles. The van der Waals surface area contributed by atoms with E-state index >= 15 is 0 Å². The van der Waals surface area contributed by atoms with Gasteiger partial charge in [0.2, 0.25) is 0 Å². The fourth-order valence-electron chi connectivity index (χ4n) is 9.21. The first-order valence-corrected chi connectivity index (χ1v) is 21.2. The zero-order chi connectivity index (χ0) is 42.2. The van der Waals surface area contributed by atoms with Crippen LogP contribution < -0.4 is 0 Å². The third-order valence-electron chi connectivity index (χ3n) is 12.9. The van der Waals surface area contributed by atoms with Crippen molar-refractivity contribution in [2.75, 3.05) is 40.8 Å². The lowest BCUT2D eigenvalue weighted by Crippen LogP contribution is -2.60. The zero-order valence-corrected chi connectivity index (χ0v) is 36.4. The number of likely N-dealkylation sites (tertiary alicyclic amines) is 1. The second-order valence-corrected chi connectivity index (χ2v) is 17.7. The quantitative estimate of drug-likeness (QED) is 0.162. The van der Waals surface area contributed by atoms with E-state index in [1.165, 1.54) is 19.4 Å². The molecule has 0 bridgehead atoms. The number of ketones is 1. The number of aliphatic hydroxyl groups is 3. The summed E-state index contributed by atoms with van der Waals surface area (Å²) in [6.07, 6.45) is -1.27. The lowest BCUT2D eigenvalue weighted by Gasteiger charge is -2.47. The molecule has 3 fully saturated rings. The molecule has 1 aromatic rings. The topological polar surface area (TPSA) is 160 Å². The monoisotopic (exact) mass is 804 g/mol. The van der Waals surface area contributed by atoms with E-state index < -0.39 is 77.3 Å². The summed E-state index contributed by atoms with van der Waals surface area (Å²) in [5.74, 6) is -4.60. The van der Waals surface area contributed by atoms with E-state index in [4.69, 9.17) is 28.9 Å². The number of aliphatic hydroxyl groups excluding tert-OH is 2. The van der Waals surface area contributed by atoms with Crippen LogP contribution in [0, 0.1) is 23.7 Å². The molecule has 0 amide bonds. The molecule has 13 heteroatoms. The summed E-state index contributed by atoms with van der Waals surface area (Å²) in [5, 5.41) is 40.2. The molecule has 0 unspecified atom stereocenters. The number of piperidine rings is 1. The first kappa shape index (κ1) is 47.2. The van der Waals surface area contributed by atoms with Gasteiger partial charge in [-0.3, -0.25) is 14.5 Å². The van der Waals surface area contributed by atoms with Gasteiger partial charge < -0.3 is 44.0 Å². The Hall–Kier alpha value is -2.49.